The lowest BCUT2D eigenvalue weighted by atomic mass is 10.2. The Hall–Kier alpha value is -2.53. The zero-order valence-corrected chi connectivity index (χ0v) is 16.9. The molecule has 5 nitrogen and oxygen atoms in total. The molecule has 5 heteroatoms. The van der Waals surface area contributed by atoms with E-state index in [-0.39, 0.29) is 0 Å². The molecule has 0 aliphatic heterocycles. The van der Waals surface area contributed by atoms with Gasteiger partial charge in [0.15, 0.2) is 0 Å². The summed E-state index contributed by atoms with van der Waals surface area (Å²) in [5.74, 6) is 0.944. The van der Waals surface area contributed by atoms with E-state index in [2.05, 4.69) is 90.1 Å². The van der Waals surface area contributed by atoms with Crippen molar-refractivity contribution < 1.29 is 0 Å². The van der Waals surface area contributed by atoms with Crippen LogP contribution in [-0.4, -0.2) is 48.2 Å². The Labute approximate surface area is 162 Å². The molecule has 27 heavy (non-hydrogen) atoms. The van der Waals surface area contributed by atoms with Gasteiger partial charge < -0.3 is 19.7 Å². The normalized spacial score (nSPS) is 11.3. The van der Waals surface area contributed by atoms with Crippen LogP contribution in [0.15, 0.2) is 48.5 Å². The topological polar surface area (TPSA) is 36.3 Å². The summed E-state index contributed by atoms with van der Waals surface area (Å²) < 4.78 is 2.31. The number of anilines is 2. The lowest BCUT2D eigenvalue weighted by molar-refractivity contribution is 0.292. The summed E-state index contributed by atoms with van der Waals surface area (Å²) in [5.41, 5.74) is 4.70. The summed E-state index contributed by atoms with van der Waals surface area (Å²) in [7, 11) is 4.12. The van der Waals surface area contributed by atoms with E-state index >= 15 is 0 Å². The number of hydrogen-bond acceptors (Lipinski definition) is 4. The molecule has 0 fully saturated rings. The molecule has 1 aromatic heterocycles. The second-order valence-corrected chi connectivity index (χ2v) is 7.02. The quantitative estimate of drug-likeness (QED) is 0.620. The third-order valence-corrected chi connectivity index (χ3v) is 5.09. The van der Waals surface area contributed by atoms with Crippen molar-refractivity contribution in [2.75, 3.05) is 43.9 Å². The summed E-state index contributed by atoms with van der Waals surface area (Å²) in [4.78, 5) is 9.39. The van der Waals surface area contributed by atoms with E-state index in [0.717, 1.165) is 44.2 Å². The van der Waals surface area contributed by atoms with Crippen LogP contribution in [0.3, 0.4) is 0 Å². The molecule has 0 bridgehead atoms. The number of nitrogens with zero attached hydrogens (tertiary/aromatic N) is 4. The summed E-state index contributed by atoms with van der Waals surface area (Å²) in [5, 5.41) is 3.55. The predicted octanol–water partition coefficient (Wildman–Crippen LogP) is 4.06. The van der Waals surface area contributed by atoms with Crippen LogP contribution in [0.5, 0.6) is 0 Å². The number of likely N-dealkylation sites (N-methyl/N-ethyl adjacent to an activating group) is 1. The predicted molar refractivity (Wildman–Crippen MR) is 116 cm³/mol. The van der Waals surface area contributed by atoms with Gasteiger partial charge in [0.25, 0.3) is 0 Å². The van der Waals surface area contributed by atoms with Crippen molar-refractivity contribution in [1.29, 1.82) is 0 Å². The molecule has 3 aromatic rings. The number of fused-ring (bicyclic) bond motifs is 1. The summed E-state index contributed by atoms with van der Waals surface area (Å²) in [6.45, 7) is 9.30. The number of nitrogens with one attached hydrogen (secondary N) is 1. The molecule has 1 N–H and O–H groups in total. The third-order valence-electron chi connectivity index (χ3n) is 5.09. The van der Waals surface area contributed by atoms with E-state index in [1.807, 2.05) is 6.07 Å². The van der Waals surface area contributed by atoms with Gasteiger partial charge in [-0.15, -0.1) is 0 Å². The van der Waals surface area contributed by atoms with Crippen LogP contribution < -0.4 is 10.2 Å². The molecule has 0 aliphatic carbocycles. The van der Waals surface area contributed by atoms with E-state index < -0.39 is 0 Å². The average molecular weight is 366 g/mol. The SMILES string of the molecule is CCN(CC)CCn1c(NCc2ccc(N(C)C)cc2)nc2ccccc21. The Morgan fingerprint density at radius 2 is 1.67 bits per heavy atom. The van der Waals surface area contributed by atoms with Gasteiger partial charge in [0, 0.05) is 39.4 Å². The van der Waals surface area contributed by atoms with Gasteiger partial charge in [-0.05, 0) is 42.9 Å². The first-order valence-electron chi connectivity index (χ1n) is 9.80. The second kappa shape index (κ2) is 8.91. The van der Waals surface area contributed by atoms with Crippen LogP contribution in [0.4, 0.5) is 11.6 Å². The number of imidazole rings is 1. The van der Waals surface area contributed by atoms with Crippen LogP contribution in [0.25, 0.3) is 11.0 Å². The van der Waals surface area contributed by atoms with Crippen molar-refractivity contribution in [3.63, 3.8) is 0 Å². The van der Waals surface area contributed by atoms with Gasteiger partial charge in [0.2, 0.25) is 5.95 Å². The first-order valence-corrected chi connectivity index (χ1v) is 9.80. The van der Waals surface area contributed by atoms with Gasteiger partial charge in [-0.25, -0.2) is 4.98 Å². The monoisotopic (exact) mass is 365 g/mol. The van der Waals surface area contributed by atoms with Gasteiger partial charge in [-0.1, -0.05) is 38.1 Å². The third kappa shape index (κ3) is 4.61. The molecule has 0 spiro atoms. The number of rotatable bonds is 9. The Morgan fingerprint density at radius 1 is 0.963 bits per heavy atom. The molecule has 3 rings (SSSR count). The van der Waals surface area contributed by atoms with E-state index in [9.17, 15) is 0 Å². The first-order chi connectivity index (χ1) is 13.1. The molecule has 0 radical (unpaired) electrons. The molecule has 144 valence electrons. The molecule has 0 saturated carbocycles. The van der Waals surface area contributed by atoms with E-state index in [4.69, 9.17) is 4.98 Å². The maximum absolute atomic E-state index is 4.83. The lowest BCUT2D eigenvalue weighted by Crippen LogP contribution is -2.27. The van der Waals surface area contributed by atoms with Gasteiger partial charge in [-0.3, -0.25) is 0 Å². The van der Waals surface area contributed by atoms with Gasteiger partial charge >= 0.3 is 0 Å². The highest BCUT2D eigenvalue weighted by atomic mass is 15.2. The van der Waals surface area contributed by atoms with Crippen molar-refractivity contribution in [1.82, 2.24) is 14.5 Å². The van der Waals surface area contributed by atoms with Gasteiger partial charge in [0.1, 0.15) is 0 Å². The summed E-state index contributed by atoms with van der Waals surface area (Å²) in [6.07, 6.45) is 0. The smallest absolute Gasteiger partial charge is 0.204 e. The number of para-hydroxylation sites is 2. The van der Waals surface area contributed by atoms with Crippen LogP contribution in [-0.2, 0) is 13.1 Å². The van der Waals surface area contributed by atoms with E-state index in [1.54, 1.807) is 0 Å². The Bertz CT molecular complexity index is 847. The molecule has 0 aliphatic rings. The van der Waals surface area contributed by atoms with Crippen molar-refractivity contribution in [2.24, 2.45) is 0 Å². The Morgan fingerprint density at radius 3 is 2.33 bits per heavy atom. The molecule has 0 amide bonds. The van der Waals surface area contributed by atoms with Crippen molar-refractivity contribution in [3.05, 3.63) is 54.1 Å². The second-order valence-electron chi connectivity index (χ2n) is 7.02. The maximum Gasteiger partial charge on any atom is 0.204 e. The summed E-state index contributed by atoms with van der Waals surface area (Å²) >= 11 is 0. The van der Waals surface area contributed by atoms with E-state index in [1.165, 1.54) is 16.8 Å². The fourth-order valence-corrected chi connectivity index (χ4v) is 3.31. The van der Waals surface area contributed by atoms with Crippen molar-refractivity contribution >= 4 is 22.7 Å². The maximum atomic E-state index is 4.83. The molecule has 1 heterocycles. The van der Waals surface area contributed by atoms with Crippen LogP contribution in [0.1, 0.15) is 19.4 Å². The molecule has 0 saturated heterocycles. The minimum atomic E-state index is 0.766. The first kappa shape index (κ1) is 19.2. The van der Waals surface area contributed by atoms with Crippen molar-refractivity contribution in [2.45, 2.75) is 26.9 Å². The number of aromatic nitrogens is 2. The minimum Gasteiger partial charge on any atom is -0.378 e. The summed E-state index contributed by atoms with van der Waals surface area (Å²) in [6, 6.07) is 17.0. The largest absolute Gasteiger partial charge is 0.378 e. The van der Waals surface area contributed by atoms with Crippen LogP contribution in [0.2, 0.25) is 0 Å². The molecule has 0 atom stereocenters. The van der Waals surface area contributed by atoms with Crippen LogP contribution in [0, 0.1) is 0 Å². The minimum absolute atomic E-state index is 0.766. The average Bonchev–Trinajstić information content (AvgIpc) is 3.05. The Kier molecular flexibility index (Phi) is 6.35. The zero-order chi connectivity index (χ0) is 19.2. The highest BCUT2D eigenvalue weighted by Gasteiger charge is 2.11. The van der Waals surface area contributed by atoms with Gasteiger partial charge in [-0.2, -0.15) is 0 Å². The highest BCUT2D eigenvalue weighted by molar-refractivity contribution is 5.78. The van der Waals surface area contributed by atoms with Crippen LogP contribution >= 0.6 is 0 Å². The molecule has 2 aromatic carbocycles. The van der Waals surface area contributed by atoms with Gasteiger partial charge in [0.05, 0.1) is 11.0 Å². The molecule has 0 unspecified atom stereocenters. The molecular weight excluding hydrogens is 334 g/mol. The molecular formula is C22H31N5. The fourth-order valence-electron chi connectivity index (χ4n) is 3.31. The number of hydrogen-bond donors (Lipinski definition) is 1. The number of benzene rings is 2. The van der Waals surface area contributed by atoms with Crippen molar-refractivity contribution in [3.8, 4) is 0 Å². The highest BCUT2D eigenvalue weighted by Crippen LogP contribution is 2.21. The standard InChI is InChI=1S/C22H31N5/c1-5-26(6-2)15-16-27-21-10-8-7-9-20(21)24-22(27)23-17-18-11-13-19(14-12-18)25(3)4/h7-14H,5-6,15-17H2,1-4H3,(H,23,24). The zero-order valence-electron chi connectivity index (χ0n) is 16.9. The lowest BCUT2D eigenvalue weighted by Gasteiger charge is -2.19. The Balaban J connectivity index is 1.77. The van der Waals surface area contributed by atoms with E-state index in [0.29, 0.717) is 0 Å². The fraction of sp³-hybridized carbons (Fsp3) is 0.409.